The highest BCUT2D eigenvalue weighted by Gasteiger charge is 2.18. The van der Waals surface area contributed by atoms with Crippen LogP contribution < -0.4 is 10.6 Å². The molecule has 0 bridgehead atoms. The number of anilines is 1. The maximum atomic E-state index is 11.9. The largest absolute Gasteiger partial charge is 0.334 e. The molecule has 7 heteroatoms. The number of hydrogen-bond acceptors (Lipinski definition) is 4. The second-order valence-electron chi connectivity index (χ2n) is 5.31. The second-order valence-corrected chi connectivity index (χ2v) is 6.83. The van der Waals surface area contributed by atoms with Gasteiger partial charge in [0.25, 0.3) is 0 Å². The van der Waals surface area contributed by atoms with Crippen molar-refractivity contribution in [2.75, 3.05) is 18.9 Å². The average molecular weight is 337 g/mol. The molecule has 0 saturated heterocycles. The summed E-state index contributed by atoms with van der Waals surface area (Å²) in [7, 11) is 2.09. The summed E-state index contributed by atoms with van der Waals surface area (Å²) >= 11 is 7.46. The van der Waals surface area contributed by atoms with Crippen molar-refractivity contribution in [2.24, 2.45) is 0 Å². The van der Waals surface area contributed by atoms with E-state index in [1.54, 1.807) is 11.3 Å². The molecule has 1 aromatic carbocycles. The van der Waals surface area contributed by atoms with E-state index in [1.165, 1.54) is 4.88 Å². The molecule has 0 spiro atoms. The molecule has 22 heavy (non-hydrogen) atoms. The first-order valence-electron chi connectivity index (χ1n) is 7.06. The number of likely N-dealkylation sites (N-methyl/N-ethyl adjacent to an activating group) is 1. The Balaban J connectivity index is 1.56. The third-order valence-electron chi connectivity index (χ3n) is 3.48. The lowest BCUT2D eigenvalue weighted by atomic mass is 10.2. The van der Waals surface area contributed by atoms with Crippen molar-refractivity contribution in [1.29, 1.82) is 0 Å². The summed E-state index contributed by atoms with van der Waals surface area (Å²) in [5.74, 6) is 0. The number of thiazole rings is 1. The number of nitrogens with one attached hydrogen (secondary N) is 2. The van der Waals surface area contributed by atoms with E-state index in [0.717, 1.165) is 30.8 Å². The highest BCUT2D eigenvalue weighted by molar-refractivity contribution is 7.15. The Morgan fingerprint density at radius 1 is 1.50 bits per heavy atom. The molecule has 0 fully saturated rings. The van der Waals surface area contributed by atoms with Crippen molar-refractivity contribution in [3.05, 3.63) is 45.4 Å². The molecule has 0 atom stereocenters. The average Bonchev–Trinajstić information content (AvgIpc) is 2.86. The third-order valence-corrected chi connectivity index (χ3v) is 4.72. The van der Waals surface area contributed by atoms with Crippen LogP contribution in [0.5, 0.6) is 0 Å². The predicted octanol–water partition coefficient (Wildman–Crippen LogP) is 3.11. The van der Waals surface area contributed by atoms with Gasteiger partial charge >= 0.3 is 6.03 Å². The Kier molecular flexibility index (Phi) is 4.61. The minimum absolute atomic E-state index is 0.251. The molecule has 3 rings (SSSR count). The summed E-state index contributed by atoms with van der Waals surface area (Å²) in [5, 5.41) is 6.94. The predicted molar refractivity (Wildman–Crippen MR) is 89.5 cm³/mol. The summed E-state index contributed by atoms with van der Waals surface area (Å²) in [5.41, 5.74) is 2.07. The number of aromatic nitrogens is 1. The third kappa shape index (κ3) is 3.76. The second kappa shape index (κ2) is 6.64. The molecule has 2 amide bonds. The van der Waals surface area contributed by atoms with Crippen molar-refractivity contribution < 1.29 is 4.79 Å². The molecule has 2 heterocycles. The van der Waals surface area contributed by atoms with Crippen LogP contribution in [0.2, 0.25) is 5.02 Å². The van der Waals surface area contributed by atoms with Crippen LogP contribution in [-0.2, 0) is 19.5 Å². The number of hydrogen-bond donors (Lipinski definition) is 2. The first kappa shape index (κ1) is 15.3. The number of carbonyl (C=O) groups is 1. The van der Waals surface area contributed by atoms with Gasteiger partial charge in [-0.05, 0) is 24.7 Å². The van der Waals surface area contributed by atoms with Crippen LogP contribution in [0.1, 0.15) is 16.1 Å². The maximum Gasteiger partial charge on any atom is 0.321 e. The quantitative estimate of drug-likeness (QED) is 0.905. The number of amides is 2. The van der Waals surface area contributed by atoms with E-state index in [2.05, 4.69) is 27.6 Å². The van der Waals surface area contributed by atoms with E-state index in [4.69, 9.17) is 11.6 Å². The summed E-state index contributed by atoms with van der Waals surface area (Å²) in [6.45, 7) is 2.34. The first-order chi connectivity index (χ1) is 10.6. The fraction of sp³-hybridized carbons (Fsp3) is 0.333. The van der Waals surface area contributed by atoms with Crippen LogP contribution in [0.3, 0.4) is 0 Å². The van der Waals surface area contributed by atoms with E-state index >= 15 is 0 Å². The van der Waals surface area contributed by atoms with E-state index < -0.39 is 0 Å². The molecule has 2 N–H and O–H groups in total. The summed E-state index contributed by atoms with van der Waals surface area (Å²) < 4.78 is 0. The van der Waals surface area contributed by atoms with Gasteiger partial charge in [0.2, 0.25) is 0 Å². The maximum absolute atomic E-state index is 11.9. The number of halogens is 1. The fourth-order valence-electron chi connectivity index (χ4n) is 2.35. The van der Waals surface area contributed by atoms with E-state index in [1.807, 2.05) is 24.3 Å². The molecule has 0 saturated carbocycles. The van der Waals surface area contributed by atoms with Gasteiger partial charge in [-0.3, -0.25) is 5.32 Å². The Hall–Kier alpha value is -1.63. The smallest absolute Gasteiger partial charge is 0.321 e. The summed E-state index contributed by atoms with van der Waals surface area (Å²) in [4.78, 5) is 19.9. The Bertz CT molecular complexity index is 688. The number of benzene rings is 1. The van der Waals surface area contributed by atoms with Gasteiger partial charge in [0.1, 0.15) is 0 Å². The lowest BCUT2D eigenvalue weighted by molar-refractivity contribution is 0.251. The highest BCUT2D eigenvalue weighted by Crippen LogP contribution is 2.27. The van der Waals surface area contributed by atoms with Crippen LogP contribution in [0.25, 0.3) is 0 Å². The minimum atomic E-state index is -0.251. The molecule has 0 aliphatic carbocycles. The summed E-state index contributed by atoms with van der Waals surface area (Å²) in [6.07, 6.45) is 0.939. The molecule has 1 aromatic heterocycles. The van der Waals surface area contributed by atoms with Crippen molar-refractivity contribution >= 4 is 34.1 Å². The van der Waals surface area contributed by atoms with Gasteiger partial charge < -0.3 is 10.2 Å². The van der Waals surface area contributed by atoms with Crippen LogP contribution in [0.15, 0.2) is 24.3 Å². The SMILES string of the molecule is CN1CCc2nc(NC(=O)NCc3cccc(Cl)c3)sc2C1. The zero-order valence-corrected chi connectivity index (χ0v) is 13.8. The zero-order chi connectivity index (χ0) is 15.5. The first-order valence-corrected chi connectivity index (χ1v) is 8.26. The Labute approximate surface area is 138 Å². The lowest BCUT2D eigenvalue weighted by Gasteiger charge is -2.20. The van der Waals surface area contributed by atoms with Crippen molar-refractivity contribution in [2.45, 2.75) is 19.5 Å². The number of fused-ring (bicyclic) bond motifs is 1. The standard InChI is InChI=1S/C15H17ClN4OS/c1-20-6-5-12-13(9-20)22-15(18-12)19-14(21)17-8-10-3-2-4-11(16)7-10/h2-4,7H,5-6,8-9H2,1H3,(H2,17,18,19,21). The molecule has 1 aliphatic rings. The van der Waals surface area contributed by atoms with Gasteiger partial charge in [-0.1, -0.05) is 23.7 Å². The van der Waals surface area contributed by atoms with Crippen LogP contribution in [0.4, 0.5) is 9.93 Å². The fourth-order valence-corrected chi connectivity index (χ4v) is 3.64. The monoisotopic (exact) mass is 336 g/mol. The highest BCUT2D eigenvalue weighted by atomic mass is 35.5. The zero-order valence-electron chi connectivity index (χ0n) is 12.2. The van der Waals surface area contributed by atoms with E-state index in [0.29, 0.717) is 16.7 Å². The molecular weight excluding hydrogens is 320 g/mol. The molecule has 116 valence electrons. The lowest BCUT2D eigenvalue weighted by Crippen LogP contribution is -2.28. The van der Waals surface area contributed by atoms with Gasteiger partial charge in [0.15, 0.2) is 5.13 Å². The number of urea groups is 1. The van der Waals surface area contributed by atoms with Crippen molar-refractivity contribution in [3.63, 3.8) is 0 Å². The van der Waals surface area contributed by atoms with Crippen molar-refractivity contribution in [1.82, 2.24) is 15.2 Å². The van der Waals surface area contributed by atoms with E-state index in [9.17, 15) is 4.79 Å². The van der Waals surface area contributed by atoms with Gasteiger partial charge in [-0.15, -0.1) is 11.3 Å². The number of carbonyl (C=O) groups excluding carboxylic acids is 1. The molecule has 0 unspecified atom stereocenters. The topological polar surface area (TPSA) is 57.3 Å². The van der Waals surface area contributed by atoms with Crippen LogP contribution in [-0.4, -0.2) is 29.5 Å². The normalized spacial score (nSPS) is 14.5. The van der Waals surface area contributed by atoms with Crippen LogP contribution >= 0.6 is 22.9 Å². The van der Waals surface area contributed by atoms with Gasteiger partial charge in [-0.2, -0.15) is 0 Å². The minimum Gasteiger partial charge on any atom is -0.334 e. The molecule has 0 radical (unpaired) electrons. The Morgan fingerprint density at radius 3 is 3.18 bits per heavy atom. The van der Waals surface area contributed by atoms with Crippen LogP contribution in [0, 0.1) is 0 Å². The number of nitrogens with zero attached hydrogens (tertiary/aromatic N) is 2. The molecule has 5 nitrogen and oxygen atoms in total. The number of rotatable bonds is 3. The summed E-state index contributed by atoms with van der Waals surface area (Å²) in [6, 6.07) is 7.17. The Morgan fingerprint density at radius 2 is 2.36 bits per heavy atom. The molecule has 1 aliphatic heterocycles. The van der Waals surface area contributed by atoms with Crippen molar-refractivity contribution in [3.8, 4) is 0 Å². The van der Waals surface area contributed by atoms with Gasteiger partial charge in [-0.25, -0.2) is 9.78 Å². The molecular formula is C15H17ClN4OS. The molecule has 2 aromatic rings. The van der Waals surface area contributed by atoms with Gasteiger partial charge in [0.05, 0.1) is 5.69 Å². The van der Waals surface area contributed by atoms with E-state index in [-0.39, 0.29) is 6.03 Å². The van der Waals surface area contributed by atoms with Gasteiger partial charge in [0, 0.05) is 36.0 Å².